The molecule has 1 rings (SSSR count). The third-order valence-corrected chi connectivity index (χ3v) is 1.92. The summed E-state index contributed by atoms with van der Waals surface area (Å²) in [6, 6.07) is 7.33. The second kappa shape index (κ2) is 6.03. The molecule has 0 saturated heterocycles. The molecule has 1 aromatic carbocycles. The molecule has 4 nitrogen and oxygen atoms in total. The first-order valence-corrected chi connectivity index (χ1v) is 4.92. The summed E-state index contributed by atoms with van der Waals surface area (Å²) < 4.78 is 5.41. The van der Waals surface area contributed by atoms with E-state index in [2.05, 4.69) is 0 Å². The number of hydrogen-bond acceptors (Lipinski definition) is 3. The molecular formula is C11H16N2O2. The highest BCUT2D eigenvalue weighted by Crippen LogP contribution is 2.12. The Labute approximate surface area is 89.2 Å². The van der Waals surface area contributed by atoms with Gasteiger partial charge < -0.3 is 16.2 Å². The molecule has 0 aliphatic carbocycles. The second-order valence-corrected chi connectivity index (χ2v) is 3.28. The fourth-order valence-electron chi connectivity index (χ4n) is 1.18. The Bertz CT molecular complexity index is 309. The number of carbonyl (C=O) groups excluding carboxylic acids is 1. The molecule has 0 unspecified atom stereocenters. The van der Waals surface area contributed by atoms with E-state index in [0.29, 0.717) is 13.2 Å². The lowest BCUT2D eigenvalue weighted by atomic mass is 10.1. The molecule has 1 aromatic rings. The van der Waals surface area contributed by atoms with Crippen molar-refractivity contribution in [2.45, 2.75) is 12.8 Å². The minimum atomic E-state index is -0.327. The molecule has 0 radical (unpaired) electrons. The van der Waals surface area contributed by atoms with Gasteiger partial charge in [-0.25, -0.2) is 0 Å². The summed E-state index contributed by atoms with van der Waals surface area (Å²) >= 11 is 0. The molecule has 15 heavy (non-hydrogen) atoms. The van der Waals surface area contributed by atoms with Crippen LogP contribution < -0.4 is 16.2 Å². The van der Waals surface area contributed by atoms with Crippen LogP contribution >= 0.6 is 0 Å². The molecule has 82 valence electrons. The van der Waals surface area contributed by atoms with E-state index in [1.165, 1.54) is 0 Å². The Kier molecular flexibility index (Phi) is 4.63. The summed E-state index contributed by atoms with van der Waals surface area (Å²) in [7, 11) is 0. The molecule has 0 aliphatic rings. The minimum Gasteiger partial charge on any atom is -0.494 e. The topological polar surface area (TPSA) is 78.3 Å². The molecule has 0 atom stereocenters. The molecule has 0 aliphatic heterocycles. The van der Waals surface area contributed by atoms with E-state index in [1.807, 2.05) is 24.3 Å². The quantitative estimate of drug-likeness (QED) is 0.666. The van der Waals surface area contributed by atoms with Crippen LogP contribution in [0.25, 0.3) is 0 Å². The summed E-state index contributed by atoms with van der Waals surface area (Å²) in [6.45, 7) is 1.24. The maximum Gasteiger partial charge on any atom is 0.221 e. The van der Waals surface area contributed by atoms with E-state index < -0.39 is 0 Å². The van der Waals surface area contributed by atoms with Crippen molar-refractivity contribution in [2.24, 2.45) is 11.5 Å². The Morgan fingerprint density at radius 3 is 2.47 bits per heavy atom. The SMILES string of the molecule is NCCCOc1ccc(CC(N)=O)cc1. The lowest BCUT2D eigenvalue weighted by Crippen LogP contribution is -2.13. The van der Waals surface area contributed by atoms with Crippen LogP contribution in [-0.2, 0) is 11.2 Å². The molecule has 0 saturated carbocycles. The van der Waals surface area contributed by atoms with Crippen LogP contribution in [0.15, 0.2) is 24.3 Å². The number of primary amides is 1. The Morgan fingerprint density at radius 2 is 1.93 bits per heavy atom. The van der Waals surface area contributed by atoms with Gasteiger partial charge in [0, 0.05) is 0 Å². The summed E-state index contributed by atoms with van der Waals surface area (Å²) in [6.07, 6.45) is 1.10. The van der Waals surface area contributed by atoms with Gasteiger partial charge in [0.2, 0.25) is 5.91 Å². The molecule has 0 aromatic heterocycles. The normalized spacial score (nSPS) is 9.93. The zero-order valence-electron chi connectivity index (χ0n) is 8.61. The molecule has 1 amide bonds. The van der Waals surface area contributed by atoms with Gasteiger partial charge in [-0.3, -0.25) is 4.79 Å². The first-order valence-electron chi connectivity index (χ1n) is 4.92. The fraction of sp³-hybridized carbons (Fsp3) is 0.364. The van der Waals surface area contributed by atoms with Crippen molar-refractivity contribution in [3.05, 3.63) is 29.8 Å². The van der Waals surface area contributed by atoms with E-state index >= 15 is 0 Å². The number of ether oxygens (including phenoxy) is 1. The molecule has 0 spiro atoms. The first kappa shape index (κ1) is 11.5. The smallest absolute Gasteiger partial charge is 0.221 e. The average molecular weight is 208 g/mol. The van der Waals surface area contributed by atoms with E-state index in [-0.39, 0.29) is 12.3 Å². The molecule has 0 bridgehead atoms. The highest BCUT2D eigenvalue weighted by atomic mass is 16.5. The van der Waals surface area contributed by atoms with E-state index in [0.717, 1.165) is 17.7 Å². The van der Waals surface area contributed by atoms with Crippen LogP contribution in [-0.4, -0.2) is 19.1 Å². The molecule has 4 heteroatoms. The maximum atomic E-state index is 10.6. The largest absolute Gasteiger partial charge is 0.494 e. The molecular weight excluding hydrogens is 192 g/mol. The summed E-state index contributed by atoms with van der Waals surface area (Å²) in [5, 5.41) is 0. The fourth-order valence-corrected chi connectivity index (χ4v) is 1.18. The second-order valence-electron chi connectivity index (χ2n) is 3.28. The van der Waals surface area contributed by atoms with E-state index in [4.69, 9.17) is 16.2 Å². The van der Waals surface area contributed by atoms with Crippen molar-refractivity contribution < 1.29 is 9.53 Å². The van der Waals surface area contributed by atoms with E-state index in [1.54, 1.807) is 0 Å². The number of hydrogen-bond donors (Lipinski definition) is 2. The van der Waals surface area contributed by atoms with Gasteiger partial charge >= 0.3 is 0 Å². The van der Waals surface area contributed by atoms with E-state index in [9.17, 15) is 4.79 Å². The molecule has 4 N–H and O–H groups in total. The first-order chi connectivity index (χ1) is 7.22. The van der Waals surface area contributed by atoms with Gasteiger partial charge in [0.1, 0.15) is 5.75 Å². The highest BCUT2D eigenvalue weighted by molar-refractivity contribution is 5.76. The lowest BCUT2D eigenvalue weighted by Gasteiger charge is -2.05. The lowest BCUT2D eigenvalue weighted by molar-refractivity contribution is -0.117. The van der Waals surface area contributed by atoms with Gasteiger partial charge in [-0.2, -0.15) is 0 Å². The predicted molar refractivity (Wildman–Crippen MR) is 58.5 cm³/mol. The number of nitrogens with two attached hydrogens (primary N) is 2. The maximum absolute atomic E-state index is 10.6. The summed E-state index contributed by atoms with van der Waals surface area (Å²) in [5.74, 6) is 0.462. The highest BCUT2D eigenvalue weighted by Gasteiger charge is 1.98. The van der Waals surface area contributed by atoms with Crippen LogP contribution in [0.3, 0.4) is 0 Å². The van der Waals surface area contributed by atoms with Crippen LogP contribution in [0.5, 0.6) is 5.75 Å². The van der Waals surface area contributed by atoms with Crippen LogP contribution in [0.4, 0.5) is 0 Å². The number of benzene rings is 1. The molecule has 0 heterocycles. The monoisotopic (exact) mass is 208 g/mol. The number of carbonyl (C=O) groups is 1. The third kappa shape index (κ3) is 4.46. The van der Waals surface area contributed by atoms with Crippen LogP contribution in [0.1, 0.15) is 12.0 Å². The zero-order chi connectivity index (χ0) is 11.1. The van der Waals surface area contributed by atoms with Crippen LogP contribution in [0.2, 0.25) is 0 Å². The third-order valence-electron chi connectivity index (χ3n) is 1.92. The minimum absolute atomic E-state index is 0.267. The Balaban J connectivity index is 2.45. The van der Waals surface area contributed by atoms with Crippen molar-refractivity contribution >= 4 is 5.91 Å². The predicted octanol–water partition coefficient (Wildman–Crippen LogP) is 0.442. The Morgan fingerprint density at radius 1 is 1.27 bits per heavy atom. The van der Waals surface area contributed by atoms with Crippen molar-refractivity contribution in [3.8, 4) is 5.75 Å². The van der Waals surface area contributed by atoms with Gasteiger partial charge in [0.15, 0.2) is 0 Å². The number of amides is 1. The average Bonchev–Trinajstić information content (AvgIpc) is 2.20. The van der Waals surface area contributed by atoms with Crippen molar-refractivity contribution in [1.82, 2.24) is 0 Å². The van der Waals surface area contributed by atoms with Crippen molar-refractivity contribution in [3.63, 3.8) is 0 Å². The van der Waals surface area contributed by atoms with Gasteiger partial charge in [-0.05, 0) is 30.7 Å². The van der Waals surface area contributed by atoms with Crippen molar-refractivity contribution in [2.75, 3.05) is 13.2 Å². The van der Waals surface area contributed by atoms with Crippen LogP contribution in [0, 0.1) is 0 Å². The Hall–Kier alpha value is -1.55. The molecule has 0 fully saturated rings. The van der Waals surface area contributed by atoms with Gasteiger partial charge in [-0.1, -0.05) is 12.1 Å². The van der Waals surface area contributed by atoms with Gasteiger partial charge in [0.25, 0.3) is 0 Å². The van der Waals surface area contributed by atoms with Crippen molar-refractivity contribution in [1.29, 1.82) is 0 Å². The summed E-state index contributed by atoms with van der Waals surface area (Å²) in [4.78, 5) is 10.6. The standard InChI is InChI=1S/C11H16N2O2/c12-6-1-7-15-10-4-2-9(3-5-10)8-11(13)14/h2-5H,1,6-8,12H2,(H2,13,14). The number of rotatable bonds is 6. The summed E-state index contributed by atoms with van der Waals surface area (Å²) in [5.41, 5.74) is 11.3. The zero-order valence-corrected chi connectivity index (χ0v) is 8.61. The van der Waals surface area contributed by atoms with Gasteiger partial charge in [0.05, 0.1) is 13.0 Å². The van der Waals surface area contributed by atoms with Gasteiger partial charge in [-0.15, -0.1) is 0 Å².